The van der Waals surface area contributed by atoms with Gasteiger partial charge in [-0.15, -0.1) is 0 Å². The second-order valence-electron chi connectivity index (χ2n) is 3.49. The standard InChI is InChI=1S/C10H17NO3/c1-14-8-3-2-7-11-9(12)5-4-6-10(11)13/h2-8H2,1H3. The van der Waals surface area contributed by atoms with E-state index in [0.29, 0.717) is 32.4 Å². The van der Waals surface area contributed by atoms with Gasteiger partial charge in [-0.05, 0) is 19.3 Å². The SMILES string of the molecule is COCCCCN1C(=O)CCCC1=O. The molecular formula is C10H17NO3. The smallest absolute Gasteiger partial charge is 0.229 e. The van der Waals surface area contributed by atoms with Gasteiger partial charge in [-0.3, -0.25) is 14.5 Å². The molecule has 4 heteroatoms. The zero-order valence-electron chi connectivity index (χ0n) is 8.62. The lowest BCUT2D eigenvalue weighted by Gasteiger charge is -2.24. The highest BCUT2D eigenvalue weighted by molar-refractivity contribution is 5.97. The summed E-state index contributed by atoms with van der Waals surface area (Å²) in [4.78, 5) is 24.1. The number of ether oxygens (including phenoxy) is 1. The summed E-state index contributed by atoms with van der Waals surface area (Å²) in [7, 11) is 1.65. The highest BCUT2D eigenvalue weighted by atomic mass is 16.5. The zero-order chi connectivity index (χ0) is 10.4. The molecule has 0 aromatic heterocycles. The van der Waals surface area contributed by atoms with E-state index < -0.39 is 0 Å². The van der Waals surface area contributed by atoms with Crippen molar-refractivity contribution in [3.05, 3.63) is 0 Å². The molecule has 0 unspecified atom stereocenters. The van der Waals surface area contributed by atoms with Crippen molar-refractivity contribution in [2.75, 3.05) is 20.3 Å². The Bertz CT molecular complexity index is 199. The van der Waals surface area contributed by atoms with Crippen LogP contribution in [0.5, 0.6) is 0 Å². The fraction of sp³-hybridized carbons (Fsp3) is 0.800. The van der Waals surface area contributed by atoms with E-state index in [1.54, 1.807) is 7.11 Å². The van der Waals surface area contributed by atoms with Crippen molar-refractivity contribution in [3.8, 4) is 0 Å². The van der Waals surface area contributed by atoms with Gasteiger partial charge in [-0.25, -0.2) is 0 Å². The molecule has 1 heterocycles. The monoisotopic (exact) mass is 199 g/mol. The van der Waals surface area contributed by atoms with E-state index in [1.807, 2.05) is 0 Å². The zero-order valence-corrected chi connectivity index (χ0v) is 8.62. The Morgan fingerprint density at radius 3 is 2.43 bits per heavy atom. The second-order valence-corrected chi connectivity index (χ2v) is 3.49. The number of imide groups is 1. The lowest BCUT2D eigenvalue weighted by molar-refractivity contribution is -0.148. The highest BCUT2D eigenvalue weighted by Gasteiger charge is 2.24. The van der Waals surface area contributed by atoms with Gasteiger partial charge in [0.1, 0.15) is 0 Å². The lowest BCUT2D eigenvalue weighted by atomic mass is 10.1. The van der Waals surface area contributed by atoms with E-state index in [4.69, 9.17) is 4.74 Å². The maximum atomic E-state index is 11.3. The van der Waals surface area contributed by atoms with Gasteiger partial charge in [0.05, 0.1) is 0 Å². The average Bonchev–Trinajstić information content (AvgIpc) is 2.16. The van der Waals surface area contributed by atoms with Gasteiger partial charge < -0.3 is 4.74 Å². The van der Waals surface area contributed by atoms with Gasteiger partial charge in [0.25, 0.3) is 0 Å². The molecule has 80 valence electrons. The summed E-state index contributed by atoms with van der Waals surface area (Å²) in [5.74, 6) is -0.0302. The molecular weight excluding hydrogens is 182 g/mol. The van der Waals surface area contributed by atoms with Gasteiger partial charge in [-0.1, -0.05) is 0 Å². The first-order valence-electron chi connectivity index (χ1n) is 5.08. The van der Waals surface area contributed by atoms with Crippen molar-refractivity contribution < 1.29 is 14.3 Å². The number of methoxy groups -OCH3 is 1. The Kier molecular flexibility index (Phi) is 4.59. The molecule has 2 amide bonds. The molecule has 0 spiro atoms. The third kappa shape index (κ3) is 3.10. The number of rotatable bonds is 5. The molecule has 0 saturated carbocycles. The summed E-state index contributed by atoms with van der Waals surface area (Å²) < 4.78 is 4.90. The van der Waals surface area contributed by atoms with Crippen molar-refractivity contribution in [1.82, 2.24) is 4.90 Å². The predicted octanol–water partition coefficient (Wildman–Crippen LogP) is 0.952. The molecule has 1 rings (SSSR count). The Morgan fingerprint density at radius 1 is 1.21 bits per heavy atom. The van der Waals surface area contributed by atoms with Crippen molar-refractivity contribution in [3.63, 3.8) is 0 Å². The molecule has 14 heavy (non-hydrogen) atoms. The Balaban J connectivity index is 2.26. The number of hydrogen-bond acceptors (Lipinski definition) is 3. The van der Waals surface area contributed by atoms with Crippen LogP contribution in [0.3, 0.4) is 0 Å². The first-order valence-corrected chi connectivity index (χ1v) is 5.08. The van der Waals surface area contributed by atoms with Crippen molar-refractivity contribution in [1.29, 1.82) is 0 Å². The van der Waals surface area contributed by atoms with Crippen LogP contribution in [0.4, 0.5) is 0 Å². The number of amides is 2. The van der Waals surface area contributed by atoms with Crippen LogP contribution in [0.1, 0.15) is 32.1 Å². The van der Waals surface area contributed by atoms with Crippen LogP contribution < -0.4 is 0 Å². The molecule has 1 aliphatic heterocycles. The van der Waals surface area contributed by atoms with Gasteiger partial charge in [-0.2, -0.15) is 0 Å². The Labute approximate surface area is 84.2 Å². The number of unbranched alkanes of at least 4 members (excludes halogenated alkanes) is 1. The number of nitrogens with zero attached hydrogens (tertiary/aromatic N) is 1. The van der Waals surface area contributed by atoms with Crippen LogP contribution in [0.25, 0.3) is 0 Å². The summed E-state index contributed by atoms with van der Waals surface area (Å²) in [5, 5.41) is 0. The predicted molar refractivity (Wildman–Crippen MR) is 51.7 cm³/mol. The van der Waals surface area contributed by atoms with E-state index in [-0.39, 0.29) is 11.8 Å². The number of likely N-dealkylation sites (tertiary alicyclic amines) is 1. The van der Waals surface area contributed by atoms with Crippen molar-refractivity contribution >= 4 is 11.8 Å². The van der Waals surface area contributed by atoms with Gasteiger partial charge in [0.2, 0.25) is 11.8 Å². The molecule has 0 aromatic carbocycles. The van der Waals surface area contributed by atoms with E-state index in [2.05, 4.69) is 0 Å². The first kappa shape index (κ1) is 11.2. The van der Waals surface area contributed by atoms with E-state index >= 15 is 0 Å². The Hall–Kier alpha value is -0.900. The third-order valence-corrected chi connectivity index (χ3v) is 2.36. The molecule has 0 N–H and O–H groups in total. The van der Waals surface area contributed by atoms with Crippen LogP contribution in [0.2, 0.25) is 0 Å². The van der Waals surface area contributed by atoms with Crippen LogP contribution >= 0.6 is 0 Å². The minimum atomic E-state index is -0.0151. The maximum Gasteiger partial charge on any atom is 0.229 e. The van der Waals surface area contributed by atoms with E-state index in [1.165, 1.54) is 4.90 Å². The number of piperidine rings is 1. The largest absolute Gasteiger partial charge is 0.385 e. The molecule has 0 aromatic rings. The quantitative estimate of drug-likeness (QED) is 0.489. The van der Waals surface area contributed by atoms with Crippen LogP contribution in [-0.4, -0.2) is 37.0 Å². The summed E-state index contributed by atoms with van der Waals surface area (Å²) in [6.07, 6.45) is 3.50. The minimum Gasteiger partial charge on any atom is -0.385 e. The third-order valence-electron chi connectivity index (χ3n) is 2.36. The molecule has 0 radical (unpaired) electrons. The average molecular weight is 199 g/mol. The number of carbonyl (C=O) groups is 2. The summed E-state index contributed by atoms with van der Waals surface area (Å²) >= 11 is 0. The second kappa shape index (κ2) is 5.75. The molecule has 1 saturated heterocycles. The van der Waals surface area contributed by atoms with Gasteiger partial charge in [0, 0.05) is 33.1 Å². The Morgan fingerprint density at radius 2 is 1.86 bits per heavy atom. The topological polar surface area (TPSA) is 46.6 Å². The fourth-order valence-electron chi connectivity index (χ4n) is 1.57. The fourth-order valence-corrected chi connectivity index (χ4v) is 1.57. The first-order chi connectivity index (χ1) is 6.75. The molecule has 4 nitrogen and oxygen atoms in total. The van der Waals surface area contributed by atoms with E-state index in [9.17, 15) is 9.59 Å². The minimum absolute atomic E-state index is 0.0151. The van der Waals surface area contributed by atoms with Crippen LogP contribution in [-0.2, 0) is 14.3 Å². The number of hydrogen-bond donors (Lipinski definition) is 0. The van der Waals surface area contributed by atoms with Gasteiger partial charge >= 0.3 is 0 Å². The van der Waals surface area contributed by atoms with Crippen molar-refractivity contribution in [2.45, 2.75) is 32.1 Å². The summed E-state index contributed by atoms with van der Waals surface area (Å²) in [5.41, 5.74) is 0. The number of carbonyl (C=O) groups excluding carboxylic acids is 2. The molecule has 0 bridgehead atoms. The van der Waals surface area contributed by atoms with E-state index in [0.717, 1.165) is 12.8 Å². The summed E-state index contributed by atoms with van der Waals surface area (Å²) in [6.45, 7) is 1.25. The molecule has 1 fully saturated rings. The van der Waals surface area contributed by atoms with Gasteiger partial charge in [0.15, 0.2) is 0 Å². The lowest BCUT2D eigenvalue weighted by Crippen LogP contribution is -2.40. The van der Waals surface area contributed by atoms with Crippen molar-refractivity contribution in [2.24, 2.45) is 0 Å². The molecule has 0 atom stereocenters. The maximum absolute atomic E-state index is 11.3. The molecule has 1 aliphatic rings. The molecule has 0 aliphatic carbocycles. The van der Waals surface area contributed by atoms with Crippen LogP contribution in [0, 0.1) is 0 Å². The van der Waals surface area contributed by atoms with Crippen LogP contribution in [0.15, 0.2) is 0 Å². The highest BCUT2D eigenvalue weighted by Crippen LogP contribution is 2.12. The summed E-state index contributed by atoms with van der Waals surface area (Å²) in [6, 6.07) is 0. The normalized spacial score (nSPS) is 17.6.